The molecular formula is C6H14IN. The lowest BCUT2D eigenvalue weighted by molar-refractivity contribution is -0.780. The maximum atomic E-state index is 2.30. The molecule has 1 nitrogen and oxygen atoms in total. The van der Waals surface area contributed by atoms with Crippen molar-refractivity contribution in [1.29, 1.82) is 0 Å². The van der Waals surface area contributed by atoms with Crippen LogP contribution < -0.4 is 24.0 Å². The van der Waals surface area contributed by atoms with Gasteiger partial charge in [0.2, 0.25) is 0 Å². The van der Waals surface area contributed by atoms with Gasteiger partial charge in [-0.2, -0.15) is 0 Å². The predicted octanol–water partition coefficient (Wildman–Crippen LogP) is -2.14. The van der Waals surface area contributed by atoms with Gasteiger partial charge in [-0.1, -0.05) is 0 Å². The fraction of sp³-hybridized carbons (Fsp3) is 1.00. The van der Waals surface area contributed by atoms with Crippen LogP contribution in [0, 0.1) is 0 Å². The Morgan fingerprint density at radius 2 is 1.12 bits per heavy atom. The van der Waals surface area contributed by atoms with Crippen LogP contribution in [0.25, 0.3) is 0 Å². The van der Waals surface area contributed by atoms with Crippen molar-refractivity contribution < 1.29 is 28.5 Å². The molecule has 1 heterocycles. The zero-order valence-corrected chi connectivity index (χ0v) is 8.14. The van der Waals surface area contributed by atoms with Crippen molar-refractivity contribution in [1.82, 2.24) is 0 Å². The third-order valence-electron chi connectivity index (χ3n) is 2.71. The zero-order chi connectivity index (χ0) is 5.65. The highest BCUT2D eigenvalue weighted by Gasteiger charge is 2.53. The lowest BCUT2D eigenvalue weighted by atomic mass is 10.4. The molecule has 0 amide bonds. The van der Waals surface area contributed by atoms with E-state index in [-0.39, 0.29) is 24.0 Å². The van der Waals surface area contributed by atoms with E-state index in [1.165, 1.54) is 4.48 Å². The first kappa shape index (κ1) is 8.69. The number of hydrogen-bond acceptors (Lipinski definition) is 0. The second kappa shape index (κ2) is 2.14. The Hall–Kier alpha value is 0.690. The first-order valence-corrected chi connectivity index (χ1v) is 2.90. The Labute approximate surface area is 68.7 Å². The van der Waals surface area contributed by atoms with Crippen LogP contribution in [0.15, 0.2) is 0 Å². The summed E-state index contributed by atoms with van der Waals surface area (Å²) in [6.45, 7) is 4.59. The summed E-state index contributed by atoms with van der Waals surface area (Å²) < 4.78 is 1.22. The molecule has 1 aliphatic rings. The van der Waals surface area contributed by atoms with Crippen molar-refractivity contribution in [3.8, 4) is 0 Å². The number of quaternary nitrogens is 1. The predicted molar refractivity (Wildman–Crippen MR) is 31.0 cm³/mol. The molecule has 1 aliphatic heterocycles. The average Bonchev–Trinajstić information content (AvgIpc) is 1.91. The quantitative estimate of drug-likeness (QED) is 0.252. The Morgan fingerprint density at radius 3 is 1.12 bits per heavy atom. The summed E-state index contributed by atoms with van der Waals surface area (Å²) in [5, 5.41) is 0. The molecule has 1 saturated heterocycles. The highest BCUT2D eigenvalue weighted by Crippen LogP contribution is 2.33. The van der Waals surface area contributed by atoms with Gasteiger partial charge in [0.15, 0.2) is 0 Å². The summed E-state index contributed by atoms with van der Waals surface area (Å²) in [6.07, 6.45) is 0. The SMILES string of the molecule is C[C@@H]1[C@H](C)[N+]1(C)C.[I-]. The minimum Gasteiger partial charge on any atom is -1.00 e. The molecule has 0 N–H and O–H groups in total. The molecule has 1 rings (SSSR count). The average molecular weight is 227 g/mol. The molecule has 0 aromatic carbocycles. The summed E-state index contributed by atoms with van der Waals surface area (Å²) in [6, 6.07) is 1.81. The van der Waals surface area contributed by atoms with Crippen LogP contribution in [0.1, 0.15) is 13.8 Å². The van der Waals surface area contributed by atoms with E-state index in [1.54, 1.807) is 0 Å². The molecule has 2 heteroatoms. The van der Waals surface area contributed by atoms with Gasteiger partial charge in [-0.05, 0) is 13.8 Å². The minimum absolute atomic E-state index is 0. The molecule has 2 atom stereocenters. The van der Waals surface area contributed by atoms with Gasteiger partial charge in [0.25, 0.3) is 0 Å². The van der Waals surface area contributed by atoms with Gasteiger partial charge in [0.05, 0.1) is 14.1 Å². The van der Waals surface area contributed by atoms with Crippen LogP contribution in [0.5, 0.6) is 0 Å². The van der Waals surface area contributed by atoms with Crippen molar-refractivity contribution in [3.63, 3.8) is 0 Å². The van der Waals surface area contributed by atoms with E-state index in [0.29, 0.717) is 0 Å². The van der Waals surface area contributed by atoms with E-state index < -0.39 is 0 Å². The van der Waals surface area contributed by atoms with Crippen molar-refractivity contribution in [2.75, 3.05) is 14.1 Å². The molecule has 0 unspecified atom stereocenters. The monoisotopic (exact) mass is 227 g/mol. The summed E-state index contributed by atoms with van der Waals surface area (Å²) in [5.74, 6) is 0. The van der Waals surface area contributed by atoms with E-state index in [2.05, 4.69) is 27.9 Å². The molecule has 0 radical (unpaired) electrons. The molecule has 50 valence electrons. The van der Waals surface area contributed by atoms with Gasteiger partial charge in [0.1, 0.15) is 12.1 Å². The standard InChI is InChI=1S/C6H14N.HI/c1-5-6(2)7(5,3)4;/h5-6H,1-4H3;1H/q+1;/p-1/t5-,6+;. The lowest BCUT2D eigenvalue weighted by Gasteiger charge is -2.02. The largest absolute Gasteiger partial charge is 1.00 e. The van der Waals surface area contributed by atoms with E-state index >= 15 is 0 Å². The van der Waals surface area contributed by atoms with Gasteiger partial charge in [0, 0.05) is 0 Å². The summed E-state index contributed by atoms with van der Waals surface area (Å²) in [4.78, 5) is 0. The molecule has 0 saturated carbocycles. The highest BCUT2D eigenvalue weighted by molar-refractivity contribution is 4.75. The van der Waals surface area contributed by atoms with Crippen molar-refractivity contribution in [2.45, 2.75) is 25.9 Å². The molecule has 1 fully saturated rings. The summed E-state index contributed by atoms with van der Waals surface area (Å²) in [5.41, 5.74) is 0. The number of likely N-dealkylation sites (N-methyl/N-ethyl adjacent to an activating group) is 1. The smallest absolute Gasteiger partial charge is 0.138 e. The molecule has 8 heavy (non-hydrogen) atoms. The number of rotatable bonds is 0. The van der Waals surface area contributed by atoms with Crippen LogP contribution in [-0.2, 0) is 0 Å². The summed E-state index contributed by atoms with van der Waals surface area (Å²) >= 11 is 0. The number of halogens is 1. The zero-order valence-electron chi connectivity index (χ0n) is 5.98. The fourth-order valence-electron chi connectivity index (χ4n) is 1.05. The highest BCUT2D eigenvalue weighted by atomic mass is 127. The summed E-state index contributed by atoms with van der Waals surface area (Å²) in [7, 11) is 4.55. The van der Waals surface area contributed by atoms with Crippen molar-refractivity contribution in [3.05, 3.63) is 0 Å². The van der Waals surface area contributed by atoms with Crippen LogP contribution in [0.2, 0.25) is 0 Å². The van der Waals surface area contributed by atoms with Crippen molar-refractivity contribution >= 4 is 0 Å². The van der Waals surface area contributed by atoms with E-state index in [1.807, 2.05) is 0 Å². The number of hydrogen-bond donors (Lipinski definition) is 0. The Kier molecular flexibility index (Phi) is 2.32. The Bertz CT molecular complexity index is 80.5. The van der Waals surface area contributed by atoms with Crippen LogP contribution in [0.3, 0.4) is 0 Å². The maximum absolute atomic E-state index is 2.30. The first-order chi connectivity index (χ1) is 3.07. The fourth-order valence-corrected chi connectivity index (χ4v) is 1.05. The van der Waals surface area contributed by atoms with E-state index in [0.717, 1.165) is 12.1 Å². The molecule has 0 aliphatic carbocycles. The maximum Gasteiger partial charge on any atom is 0.138 e. The third kappa shape index (κ3) is 1.00. The number of nitrogens with zero attached hydrogens (tertiary/aromatic N) is 1. The second-order valence-corrected chi connectivity index (χ2v) is 3.11. The van der Waals surface area contributed by atoms with Crippen LogP contribution in [-0.4, -0.2) is 30.7 Å². The Balaban J connectivity index is 0.000000490. The Morgan fingerprint density at radius 1 is 1.00 bits per heavy atom. The molecule has 0 spiro atoms. The van der Waals surface area contributed by atoms with Crippen molar-refractivity contribution in [2.24, 2.45) is 0 Å². The molecule has 0 aromatic rings. The van der Waals surface area contributed by atoms with Gasteiger partial charge >= 0.3 is 0 Å². The normalized spacial score (nSPS) is 40.5. The lowest BCUT2D eigenvalue weighted by Crippen LogP contribution is -3.00. The molecule has 0 bridgehead atoms. The van der Waals surface area contributed by atoms with Gasteiger partial charge in [-0.15, -0.1) is 0 Å². The second-order valence-electron chi connectivity index (χ2n) is 3.11. The van der Waals surface area contributed by atoms with Gasteiger partial charge < -0.3 is 28.5 Å². The van der Waals surface area contributed by atoms with Crippen LogP contribution in [0.4, 0.5) is 0 Å². The van der Waals surface area contributed by atoms with E-state index in [4.69, 9.17) is 0 Å². The molecule has 0 aromatic heterocycles. The van der Waals surface area contributed by atoms with Crippen LogP contribution >= 0.6 is 0 Å². The first-order valence-electron chi connectivity index (χ1n) is 2.90. The topological polar surface area (TPSA) is 0 Å². The minimum atomic E-state index is 0. The van der Waals surface area contributed by atoms with Gasteiger partial charge in [-0.3, -0.25) is 0 Å². The van der Waals surface area contributed by atoms with Gasteiger partial charge in [-0.25, -0.2) is 0 Å². The molecular weight excluding hydrogens is 213 g/mol. The third-order valence-corrected chi connectivity index (χ3v) is 2.71. The van der Waals surface area contributed by atoms with E-state index in [9.17, 15) is 0 Å².